The second-order valence-electron chi connectivity index (χ2n) is 6.20. The number of hydrogen-bond acceptors (Lipinski definition) is 4. The van der Waals surface area contributed by atoms with Crippen molar-refractivity contribution in [3.8, 4) is 5.75 Å². The van der Waals surface area contributed by atoms with Crippen LogP contribution in [-0.4, -0.2) is 23.4 Å². The Hall–Kier alpha value is -3.38. The van der Waals surface area contributed by atoms with E-state index in [0.717, 1.165) is 0 Å². The van der Waals surface area contributed by atoms with Gasteiger partial charge < -0.3 is 15.4 Å². The van der Waals surface area contributed by atoms with Gasteiger partial charge in [0.05, 0.1) is 17.2 Å². The van der Waals surface area contributed by atoms with Crippen molar-refractivity contribution in [3.63, 3.8) is 0 Å². The zero-order valence-electron chi connectivity index (χ0n) is 15.6. The molecule has 0 saturated carbocycles. The van der Waals surface area contributed by atoms with Gasteiger partial charge in [0.2, 0.25) is 5.91 Å². The normalized spacial score (nSPS) is 10.2. The first kappa shape index (κ1) is 20.4. The lowest BCUT2D eigenvalue weighted by Crippen LogP contribution is -2.14. The summed E-state index contributed by atoms with van der Waals surface area (Å²) in [7, 11) is 0. The van der Waals surface area contributed by atoms with E-state index in [4.69, 9.17) is 16.3 Å². The van der Waals surface area contributed by atoms with Gasteiger partial charge in [-0.2, -0.15) is 0 Å². The standard InChI is InChI=1S/C22H20ClN3O3/c23-19-6-1-2-7-20(19)29-14-4-8-21(27)25-17-9-11-18(12-10-17)26-22(28)16-5-3-13-24-15-16/h1-3,5-7,9-13,15H,4,8,14H2,(H,25,27)(H,26,28). The van der Waals surface area contributed by atoms with Crippen molar-refractivity contribution < 1.29 is 14.3 Å². The molecule has 0 aliphatic heterocycles. The minimum absolute atomic E-state index is 0.111. The molecule has 0 aliphatic carbocycles. The van der Waals surface area contributed by atoms with Crippen LogP contribution in [0.1, 0.15) is 23.2 Å². The van der Waals surface area contributed by atoms with E-state index in [9.17, 15) is 9.59 Å². The SMILES string of the molecule is O=C(CCCOc1ccccc1Cl)Nc1ccc(NC(=O)c2cccnc2)cc1. The molecular weight excluding hydrogens is 390 g/mol. The number of para-hydroxylation sites is 1. The summed E-state index contributed by atoms with van der Waals surface area (Å²) in [6.45, 7) is 0.399. The van der Waals surface area contributed by atoms with Crippen LogP contribution in [0.25, 0.3) is 0 Å². The number of halogens is 1. The van der Waals surface area contributed by atoms with Crippen molar-refractivity contribution in [3.05, 3.63) is 83.6 Å². The number of nitrogens with zero attached hydrogens (tertiary/aromatic N) is 1. The maximum Gasteiger partial charge on any atom is 0.257 e. The predicted octanol–water partition coefficient (Wildman–Crippen LogP) is 4.79. The summed E-state index contributed by atoms with van der Waals surface area (Å²) in [5.41, 5.74) is 1.76. The third-order valence-electron chi connectivity index (χ3n) is 3.99. The zero-order valence-corrected chi connectivity index (χ0v) is 16.4. The third-order valence-corrected chi connectivity index (χ3v) is 4.30. The maximum atomic E-state index is 12.1. The molecule has 0 bridgehead atoms. The average molecular weight is 410 g/mol. The van der Waals surface area contributed by atoms with E-state index in [1.54, 1.807) is 54.7 Å². The molecular formula is C22H20ClN3O3. The molecule has 7 heteroatoms. The molecule has 3 aromatic rings. The van der Waals surface area contributed by atoms with Gasteiger partial charge in [-0.1, -0.05) is 23.7 Å². The van der Waals surface area contributed by atoms with Gasteiger partial charge in [0.1, 0.15) is 5.75 Å². The molecule has 6 nitrogen and oxygen atoms in total. The zero-order chi connectivity index (χ0) is 20.5. The molecule has 0 radical (unpaired) electrons. The summed E-state index contributed by atoms with van der Waals surface area (Å²) in [6.07, 6.45) is 4.00. The summed E-state index contributed by atoms with van der Waals surface area (Å²) in [4.78, 5) is 28.1. The summed E-state index contributed by atoms with van der Waals surface area (Å²) in [6, 6.07) is 17.5. The lowest BCUT2D eigenvalue weighted by atomic mass is 10.2. The molecule has 0 atom stereocenters. The summed E-state index contributed by atoms with van der Waals surface area (Å²) < 4.78 is 5.57. The van der Waals surface area contributed by atoms with Crippen LogP contribution in [-0.2, 0) is 4.79 Å². The number of carbonyl (C=O) groups excluding carboxylic acids is 2. The van der Waals surface area contributed by atoms with Gasteiger partial charge in [-0.3, -0.25) is 14.6 Å². The lowest BCUT2D eigenvalue weighted by molar-refractivity contribution is -0.116. The molecule has 29 heavy (non-hydrogen) atoms. The second kappa shape index (κ2) is 10.2. The number of ether oxygens (including phenoxy) is 1. The van der Waals surface area contributed by atoms with Crippen LogP contribution in [0.3, 0.4) is 0 Å². The number of hydrogen-bond donors (Lipinski definition) is 2. The van der Waals surface area contributed by atoms with Crippen molar-refractivity contribution in [1.29, 1.82) is 0 Å². The number of anilines is 2. The average Bonchev–Trinajstić information content (AvgIpc) is 2.74. The van der Waals surface area contributed by atoms with E-state index in [1.807, 2.05) is 12.1 Å². The van der Waals surface area contributed by atoms with Crippen LogP contribution in [0, 0.1) is 0 Å². The highest BCUT2D eigenvalue weighted by atomic mass is 35.5. The number of nitrogens with one attached hydrogen (secondary N) is 2. The number of pyridine rings is 1. The van der Waals surface area contributed by atoms with Crippen LogP contribution in [0.15, 0.2) is 73.1 Å². The van der Waals surface area contributed by atoms with Gasteiger partial charge in [0, 0.05) is 30.2 Å². The third kappa shape index (κ3) is 6.33. The van der Waals surface area contributed by atoms with E-state index in [-0.39, 0.29) is 11.8 Å². The molecule has 0 saturated heterocycles. The fraction of sp³-hybridized carbons (Fsp3) is 0.136. The molecule has 2 aromatic carbocycles. The molecule has 0 aliphatic rings. The fourth-order valence-corrected chi connectivity index (χ4v) is 2.73. The summed E-state index contributed by atoms with van der Waals surface area (Å²) in [5.74, 6) is 0.256. The van der Waals surface area contributed by atoms with Gasteiger partial charge in [0.25, 0.3) is 5.91 Å². The topological polar surface area (TPSA) is 80.3 Å². The first-order chi connectivity index (χ1) is 14.1. The largest absolute Gasteiger partial charge is 0.492 e. The highest BCUT2D eigenvalue weighted by Crippen LogP contribution is 2.23. The monoisotopic (exact) mass is 409 g/mol. The van der Waals surface area contributed by atoms with Crippen molar-refractivity contribution in [2.75, 3.05) is 17.2 Å². The summed E-state index contributed by atoms with van der Waals surface area (Å²) >= 11 is 6.02. The first-order valence-electron chi connectivity index (χ1n) is 9.10. The molecule has 0 fully saturated rings. The molecule has 2 amide bonds. The number of benzene rings is 2. The molecule has 0 unspecified atom stereocenters. The quantitative estimate of drug-likeness (QED) is 0.524. The Bertz CT molecular complexity index is 963. The Labute approximate surface area is 173 Å². The van der Waals surface area contributed by atoms with E-state index < -0.39 is 0 Å². The van der Waals surface area contributed by atoms with Crippen molar-refractivity contribution in [2.24, 2.45) is 0 Å². The molecule has 3 rings (SSSR count). The Balaban J connectivity index is 1.41. The van der Waals surface area contributed by atoms with Gasteiger partial charge in [0.15, 0.2) is 0 Å². The Kier molecular flexibility index (Phi) is 7.19. The fourth-order valence-electron chi connectivity index (χ4n) is 2.54. The molecule has 0 spiro atoms. The van der Waals surface area contributed by atoms with Crippen molar-refractivity contribution in [1.82, 2.24) is 4.98 Å². The number of aromatic nitrogens is 1. The predicted molar refractivity (Wildman–Crippen MR) is 113 cm³/mol. The van der Waals surface area contributed by atoms with E-state index in [2.05, 4.69) is 15.6 Å². The second-order valence-corrected chi connectivity index (χ2v) is 6.61. The van der Waals surface area contributed by atoms with Crippen molar-refractivity contribution in [2.45, 2.75) is 12.8 Å². The molecule has 2 N–H and O–H groups in total. The molecule has 1 aromatic heterocycles. The maximum absolute atomic E-state index is 12.1. The van der Waals surface area contributed by atoms with E-state index in [0.29, 0.717) is 47.2 Å². The minimum Gasteiger partial charge on any atom is -0.492 e. The van der Waals surface area contributed by atoms with Crippen LogP contribution < -0.4 is 15.4 Å². The van der Waals surface area contributed by atoms with E-state index in [1.165, 1.54) is 6.20 Å². The van der Waals surface area contributed by atoms with Gasteiger partial charge in [-0.15, -0.1) is 0 Å². The van der Waals surface area contributed by atoms with Crippen LogP contribution in [0.5, 0.6) is 5.75 Å². The van der Waals surface area contributed by atoms with Crippen LogP contribution in [0.4, 0.5) is 11.4 Å². The van der Waals surface area contributed by atoms with E-state index >= 15 is 0 Å². The molecule has 1 heterocycles. The van der Waals surface area contributed by atoms with Crippen LogP contribution in [0.2, 0.25) is 5.02 Å². The Morgan fingerprint density at radius 2 is 1.66 bits per heavy atom. The Morgan fingerprint density at radius 3 is 2.34 bits per heavy atom. The van der Waals surface area contributed by atoms with Crippen molar-refractivity contribution >= 4 is 34.8 Å². The highest BCUT2D eigenvalue weighted by molar-refractivity contribution is 6.32. The summed E-state index contributed by atoms with van der Waals surface area (Å²) in [5, 5.41) is 6.15. The smallest absolute Gasteiger partial charge is 0.257 e. The van der Waals surface area contributed by atoms with Crippen LogP contribution >= 0.6 is 11.6 Å². The first-order valence-corrected chi connectivity index (χ1v) is 9.48. The molecule has 148 valence electrons. The highest BCUT2D eigenvalue weighted by Gasteiger charge is 2.07. The Morgan fingerprint density at radius 1 is 0.931 bits per heavy atom. The van der Waals surface area contributed by atoms with Gasteiger partial charge in [-0.25, -0.2) is 0 Å². The van der Waals surface area contributed by atoms with Gasteiger partial charge in [-0.05, 0) is 55.0 Å². The number of rotatable bonds is 8. The van der Waals surface area contributed by atoms with Gasteiger partial charge >= 0.3 is 0 Å². The minimum atomic E-state index is -0.242. The lowest BCUT2D eigenvalue weighted by Gasteiger charge is -2.09. The number of amides is 2. The number of carbonyl (C=O) groups is 2.